The largest absolute Gasteiger partial charge is 0.618 e. The van der Waals surface area contributed by atoms with E-state index in [9.17, 15) is 14.8 Å². The Balaban J connectivity index is 1.80. The third-order valence-corrected chi connectivity index (χ3v) is 5.56. The molecular weight excluding hydrogens is 360 g/mol. The van der Waals surface area contributed by atoms with Crippen LogP contribution in [0.4, 0.5) is 0 Å². The van der Waals surface area contributed by atoms with Crippen LogP contribution in [0.15, 0.2) is 53.7 Å². The number of imide groups is 1. The fourth-order valence-corrected chi connectivity index (χ4v) is 3.97. The molecule has 1 fully saturated rings. The van der Waals surface area contributed by atoms with Gasteiger partial charge in [0, 0.05) is 29.3 Å². The molecule has 1 aromatic carbocycles. The van der Waals surface area contributed by atoms with Crippen molar-refractivity contribution in [3.05, 3.63) is 64.5 Å². The summed E-state index contributed by atoms with van der Waals surface area (Å²) in [6, 6.07) is 11.6. The number of carbonyl (C=O) groups is 2. The van der Waals surface area contributed by atoms with Crippen LogP contribution in [0.3, 0.4) is 0 Å². The number of pyridine rings is 1. The lowest BCUT2D eigenvalue weighted by Gasteiger charge is -2.22. The molecule has 0 aliphatic carbocycles. The molecule has 1 atom stereocenters. The van der Waals surface area contributed by atoms with Crippen molar-refractivity contribution in [2.75, 3.05) is 6.54 Å². The maximum Gasteiger partial charge on any atom is 0.260 e. The highest BCUT2D eigenvalue weighted by atomic mass is 35.5. The molecule has 1 saturated heterocycles. The predicted molar refractivity (Wildman–Crippen MR) is 96.4 cm³/mol. The fourth-order valence-electron chi connectivity index (χ4n) is 2.72. The van der Waals surface area contributed by atoms with Crippen molar-refractivity contribution in [2.45, 2.75) is 29.5 Å². The topological polar surface area (TPSA) is 64.3 Å². The van der Waals surface area contributed by atoms with Crippen molar-refractivity contribution in [1.82, 2.24) is 4.90 Å². The molecule has 0 spiro atoms. The number of halogens is 1. The van der Waals surface area contributed by atoms with E-state index in [1.165, 1.54) is 22.9 Å². The standard InChI is InChI=1S/C18H17ClN2O3S/c19-14-9-7-13(8-10-14)17(22)20-11-3-1-5-15(18(20)23)25-16-6-2-4-12-21(16)24/h2,4,6-10,12,15H,1,3,5,11H2/t15-/m0/s1. The van der Waals surface area contributed by atoms with Crippen molar-refractivity contribution in [3.8, 4) is 0 Å². The number of benzene rings is 1. The second kappa shape index (κ2) is 7.89. The number of thioether (sulfide) groups is 1. The summed E-state index contributed by atoms with van der Waals surface area (Å²) in [7, 11) is 0. The molecule has 2 aromatic rings. The SMILES string of the molecule is O=C(c1ccc(Cl)cc1)N1CCCC[C@H](Sc2cccc[n+]2[O-])C1=O. The first kappa shape index (κ1) is 17.8. The molecule has 2 amide bonds. The van der Waals surface area contributed by atoms with E-state index in [1.54, 1.807) is 42.5 Å². The van der Waals surface area contributed by atoms with Gasteiger partial charge >= 0.3 is 0 Å². The van der Waals surface area contributed by atoms with E-state index in [0.29, 0.717) is 28.6 Å². The average Bonchev–Trinajstić information content (AvgIpc) is 2.79. The van der Waals surface area contributed by atoms with E-state index in [1.807, 2.05) is 0 Å². The van der Waals surface area contributed by atoms with Gasteiger partial charge in [0.1, 0.15) is 0 Å². The molecule has 2 heterocycles. The van der Waals surface area contributed by atoms with E-state index in [2.05, 4.69) is 0 Å². The smallest absolute Gasteiger partial charge is 0.260 e. The molecule has 0 radical (unpaired) electrons. The summed E-state index contributed by atoms with van der Waals surface area (Å²) in [5, 5.41) is 12.4. The van der Waals surface area contributed by atoms with Crippen LogP contribution in [0.2, 0.25) is 5.02 Å². The first-order valence-electron chi connectivity index (χ1n) is 8.02. The second-order valence-corrected chi connectivity index (χ2v) is 7.43. The Hall–Kier alpha value is -2.05. The molecule has 1 aliphatic rings. The van der Waals surface area contributed by atoms with Gasteiger partial charge in [0.05, 0.1) is 5.25 Å². The van der Waals surface area contributed by atoms with Gasteiger partial charge < -0.3 is 5.21 Å². The lowest BCUT2D eigenvalue weighted by molar-refractivity contribution is -0.645. The van der Waals surface area contributed by atoms with E-state index in [4.69, 9.17) is 11.6 Å². The normalized spacial score (nSPS) is 18.0. The van der Waals surface area contributed by atoms with Crippen LogP contribution >= 0.6 is 23.4 Å². The Kier molecular flexibility index (Phi) is 5.60. The Morgan fingerprint density at radius 3 is 2.68 bits per heavy atom. The van der Waals surface area contributed by atoms with Gasteiger partial charge in [-0.3, -0.25) is 14.5 Å². The Morgan fingerprint density at radius 1 is 1.20 bits per heavy atom. The van der Waals surface area contributed by atoms with Crippen LogP contribution in [-0.2, 0) is 4.79 Å². The first-order valence-corrected chi connectivity index (χ1v) is 9.28. The first-order chi connectivity index (χ1) is 12.1. The zero-order chi connectivity index (χ0) is 17.8. The van der Waals surface area contributed by atoms with E-state index >= 15 is 0 Å². The Morgan fingerprint density at radius 2 is 1.96 bits per heavy atom. The Bertz CT molecular complexity index is 782. The minimum absolute atomic E-state index is 0.244. The summed E-state index contributed by atoms with van der Waals surface area (Å²) < 4.78 is 0.744. The van der Waals surface area contributed by atoms with Crippen LogP contribution in [0, 0.1) is 5.21 Å². The van der Waals surface area contributed by atoms with Gasteiger partial charge in [-0.25, -0.2) is 0 Å². The van der Waals surface area contributed by atoms with Crippen molar-refractivity contribution in [1.29, 1.82) is 0 Å². The number of likely N-dealkylation sites (tertiary alicyclic amines) is 1. The molecule has 0 unspecified atom stereocenters. The summed E-state index contributed by atoms with van der Waals surface area (Å²) in [6.07, 6.45) is 3.64. The van der Waals surface area contributed by atoms with Crippen LogP contribution in [0.5, 0.6) is 0 Å². The average molecular weight is 377 g/mol. The maximum atomic E-state index is 12.9. The zero-order valence-electron chi connectivity index (χ0n) is 13.4. The van der Waals surface area contributed by atoms with Crippen molar-refractivity contribution in [3.63, 3.8) is 0 Å². The molecule has 7 heteroatoms. The summed E-state index contributed by atoms with van der Waals surface area (Å²) >= 11 is 7.08. The van der Waals surface area contributed by atoms with Crippen LogP contribution < -0.4 is 4.73 Å². The number of hydrogen-bond donors (Lipinski definition) is 0. The summed E-state index contributed by atoms with van der Waals surface area (Å²) in [4.78, 5) is 26.9. The quantitative estimate of drug-likeness (QED) is 0.468. The lowest BCUT2D eigenvalue weighted by atomic mass is 10.2. The number of rotatable bonds is 3. The van der Waals surface area contributed by atoms with Crippen LogP contribution in [0.1, 0.15) is 29.6 Å². The van der Waals surface area contributed by atoms with Crippen molar-refractivity contribution >= 4 is 35.2 Å². The minimum Gasteiger partial charge on any atom is -0.618 e. The molecule has 25 heavy (non-hydrogen) atoms. The highest BCUT2D eigenvalue weighted by Crippen LogP contribution is 2.29. The minimum atomic E-state index is -0.443. The summed E-state index contributed by atoms with van der Waals surface area (Å²) in [5.74, 6) is -0.566. The predicted octanol–water partition coefficient (Wildman–Crippen LogP) is 3.29. The summed E-state index contributed by atoms with van der Waals surface area (Å²) in [5.41, 5.74) is 0.432. The van der Waals surface area contributed by atoms with E-state index in [-0.39, 0.29) is 11.8 Å². The summed E-state index contributed by atoms with van der Waals surface area (Å²) in [6.45, 7) is 0.392. The molecule has 1 aliphatic heterocycles. The number of amides is 2. The third-order valence-electron chi connectivity index (χ3n) is 4.03. The highest BCUT2D eigenvalue weighted by molar-refractivity contribution is 8.00. The number of aromatic nitrogens is 1. The Labute approximate surface area is 155 Å². The zero-order valence-corrected chi connectivity index (χ0v) is 15.0. The van der Waals surface area contributed by atoms with Crippen molar-refractivity contribution in [2.24, 2.45) is 0 Å². The molecule has 0 saturated carbocycles. The van der Waals surface area contributed by atoms with Gasteiger partial charge in [0.25, 0.3) is 10.9 Å². The van der Waals surface area contributed by atoms with E-state index in [0.717, 1.165) is 17.6 Å². The molecule has 0 N–H and O–H groups in total. The van der Waals surface area contributed by atoms with Gasteiger partial charge in [-0.05, 0) is 54.9 Å². The van der Waals surface area contributed by atoms with Gasteiger partial charge in [-0.2, -0.15) is 4.73 Å². The molecule has 5 nitrogen and oxygen atoms in total. The third kappa shape index (κ3) is 4.14. The van der Waals surface area contributed by atoms with Crippen LogP contribution in [0.25, 0.3) is 0 Å². The molecule has 130 valence electrons. The number of carbonyl (C=O) groups excluding carboxylic acids is 2. The van der Waals surface area contributed by atoms with Crippen LogP contribution in [-0.4, -0.2) is 28.5 Å². The molecule has 3 rings (SSSR count). The van der Waals surface area contributed by atoms with Gasteiger partial charge in [0.2, 0.25) is 5.91 Å². The lowest BCUT2D eigenvalue weighted by Crippen LogP contribution is -2.41. The van der Waals surface area contributed by atoms with Crippen molar-refractivity contribution < 1.29 is 14.3 Å². The number of nitrogens with zero attached hydrogens (tertiary/aromatic N) is 2. The van der Waals surface area contributed by atoms with Gasteiger partial charge in [0.15, 0.2) is 6.20 Å². The maximum absolute atomic E-state index is 12.9. The molecule has 1 aromatic heterocycles. The highest BCUT2D eigenvalue weighted by Gasteiger charge is 2.33. The van der Waals surface area contributed by atoms with Gasteiger partial charge in [-0.1, -0.05) is 18.0 Å². The number of hydrogen-bond acceptors (Lipinski definition) is 4. The monoisotopic (exact) mass is 376 g/mol. The second-order valence-electron chi connectivity index (χ2n) is 5.77. The van der Waals surface area contributed by atoms with Gasteiger partial charge in [-0.15, -0.1) is 0 Å². The fraction of sp³-hybridized carbons (Fsp3) is 0.278. The van der Waals surface area contributed by atoms with E-state index < -0.39 is 5.25 Å². The molecule has 0 bridgehead atoms. The molecular formula is C18H17ClN2O3S.